The molecule has 0 bridgehead atoms. The molecule has 0 saturated carbocycles. The number of nitrogens with zero attached hydrogens (tertiary/aromatic N) is 2. The molecule has 1 aromatic rings. The molecule has 0 aliphatic rings. The highest BCUT2D eigenvalue weighted by molar-refractivity contribution is 5.38. The van der Waals surface area contributed by atoms with Crippen LogP contribution >= 0.6 is 0 Å². The molecule has 4 heteroatoms. The second-order valence-electron chi connectivity index (χ2n) is 3.46. The van der Waals surface area contributed by atoms with E-state index in [1.807, 2.05) is 19.1 Å². The van der Waals surface area contributed by atoms with Gasteiger partial charge >= 0.3 is 0 Å². The zero-order valence-electron chi connectivity index (χ0n) is 9.36. The topological polar surface area (TPSA) is 57.9 Å². The minimum atomic E-state index is 0.410. The Morgan fingerprint density at radius 3 is 3.12 bits per heavy atom. The summed E-state index contributed by atoms with van der Waals surface area (Å²) in [4.78, 5) is 4.08. The molecule has 1 rings (SSSR count). The number of pyridine rings is 1. The number of hydrogen-bond acceptors (Lipinski definition) is 4. The SMILES string of the molecule is C=C(C)COCCNc1cccc(C#N)n1. The lowest BCUT2D eigenvalue weighted by molar-refractivity contribution is 0.167. The number of aromatic nitrogens is 1. The highest BCUT2D eigenvalue weighted by atomic mass is 16.5. The van der Waals surface area contributed by atoms with E-state index in [1.165, 1.54) is 0 Å². The summed E-state index contributed by atoms with van der Waals surface area (Å²) in [5, 5.41) is 11.7. The van der Waals surface area contributed by atoms with Crippen molar-refractivity contribution in [2.75, 3.05) is 25.1 Å². The van der Waals surface area contributed by atoms with Crippen molar-refractivity contribution < 1.29 is 4.74 Å². The number of nitriles is 1. The van der Waals surface area contributed by atoms with Crippen LogP contribution in [0.4, 0.5) is 5.82 Å². The monoisotopic (exact) mass is 217 g/mol. The quantitative estimate of drug-likeness (QED) is 0.584. The van der Waals surface area contributed by atoms with Crippen molar-refractivity contribution >= 4 is 5.82 Å². The zero-order valence-corrected chi connectivity index (χ0v) is 9.36. The van der Waals surface area contributed by atoms with Crippen LogP contribution < -0.4 is 5.32 Å². The largest absolute Gasteiger partial charge is 0.375 e. The molecule has 1 N–H and O–H groups in total. The summed E-state index contributed by atoms with van der Waals surface area (Å²) >= 11 is 0. The fourth-order valence-corrected chi connectivity index (χ4v) is 1.09. The van der Waals surface area contributed by atoms with Gasteiger partial charge in [0.25, 0.3) is 0 Å². The lowest BCUT2D eigenvalue weighted by Gasteiger charge is -2.06. The maximum absolute atomic E-state index is 8.66. The van der Waals surface area contributed by atoms with Gasteiger partial charge in [-0.15, -0.1) is 0 Å². The van der Waals surface area contributed by atoms with Crippen molar-refractivity contribution in [2.24, 2.45) is 0 Å². The predicted molar refractivity (Wildman–Crippen MR) is 63.1 cm³/mol. The average molecular weight is 217 g/mol. The molecule has 4 nitrogen and oxygen atoms in total. The average Bonchev–Trinajstić information content (AvgIpc) is 2.28. The van der Waals surface area contributed by atoms with Gasteiger partial charge in [-0.25, -0.2) is 4.98 Å². The molecule has 16 heavy (non-hydrogen) atoms. The van der Waals surface area contributed by atoms with Gasteiger partial charge in [0.15, 0.2) is 0 Å². The molecular formula is C12H15N3O. The van der Waals surface area contributed by atoms with Crippen LogP contribution in [0.25, 0.3) is 0 Å². The van der Waals surface area contributed by atoms with E-state index in [2.05, 4.69) is 16.9 Å². The zero-order chi connectivity index (χ0) is 11.8. The molecule has 0 radical (unpaired) electrons. The van der Waals surface area contributed by atoms with E-state index in [9.17, 15) is 0 Å². The lowest BCUT2D eigenvalue weighted by Crippen LogP contribution is -2.11. The third-order valence-electron chi connectivity index (χ3n) is 1.76. The number of rotatable bonds is 6. The molecule has 84 valence electrons. The van der Waals surface area contributed by atoms with Gasteiger partial charge in [-0.05, 0) is 19.1 Å². The van der Waals surface area contributed by atoms with Crippen LogP contribution in [0.15, 0.2) is 30.4 Å². The van der Waals surface area contributed by atoms with Crippen molar-refractivity contribution in [1.29, 1.82) is 5.26 Å². The first-order valence-electron chi connectivity index (χ1n) is 5.05. The summed E-state index contributed by atoms with van der Waals surface area (Å²) in [6, 6.07) is 7.27. The molecule has 0 unspecified atom stereocenters. The Morgan fingerprint density at radius 1 is 1.62 bits per heavy atom. The van der Waals surface area contributed by atoms with Crippen LogP contribution in [0.1, 0.15) is 12.6 Å². The first-order valence-corrected chi connectivity index (χ1v) is 5.05. The Hall–Kier alpha value is -1.86. The molecule has 1 aromatic heterocycles. The van der Waals surface area contributed by atoms with Gasteiger partial charge in [0, 0.05) is 6.54 Å². The van der Waals surface area contributed by atoms with Gasteiger partial charge in [0.2, 0.25) is 0 Å². The van der Waals surface area contributed by atoms with E-state index in [-0.39, 0.29) is 0 Å². The Kier molecular flexibility index (Phi) is 5.03. The van der Waals surface area contributed by atoms with E-state index in [1.54, 1.807) is 12.1 Å². The second kappa shape index (κ2) is 6.59. The summed E-state index contributed by atoms with van der Waals surface area (Å²) in [7, 11) is 0. The molecular weight excluding hydrogens is 202 g/mol. The van der Waals surface area contributed by atoms with Gasteiger partial charge in [0.1, 0.15) is 17.6 Å². The molecule has 0 aromatic carbocycles. The maximum Gasteiger partial charge on any atom is 0.142 e. The van der Waals surface area contributed by atoms with Crippen LogP contribution in [0.2, 0.25) is 0 Å². The smallest absolute Gasteiger partial charge is 0.142 e. The van der Waals surface area contributed by atoms with Gasteiger partial charge in [-0.1, -0.05) is 18.2 Å². The summed E-state index contributed by atoms with van der Waals surface area (Å²) in [5.41, 5.74) is 1.41. The van der Waals surface area contributed by atoms with E-state index >= 15 is 0 Å². The van der Waals surface area contributed by atoms with Gasteiger partial charge < -0.3 is 10.1 Å². The normalized spacial score (nSPS) is 9.50. The molecule has 1 heterocycles. The minimum absolute atomic E-state index is 0.410. The van der Waals surface area contributed by atoms with E-state index in [0.717, 1.165) is 5.57 Å². The van der Waals surface area contributed by atoms with Crippen LogP contribution in [0.5, 0.6) is 0 Å². The first-order chi connectivity index (χ1) is 7.72. The Morgan fingerprint density at radius 2 is 2.44 bits per heavy atom. The van der Waals surface area contributed by atoms with Crippen LogP contribution in [0.3, 0.4) is 0 Å². The van der Waals surface area contributed by atoms with Crippen molar-refractivity contribution in [1.82, 2.24) is 4.98 Å². The maximum atomic E-state index is 8.66. The Bertz CT molecular complexity index is 395. The van der Waals surface area contributed by atoms with E-state index < -0.39 is 0 Å². The van der Waals surface area contributed by atoms with Gasteiger partial charge in [-0.3, -0.25) is 0 Å². The van der Waals surface area contributed by atoms with Crippen molar-refractivity contribution in [3.05, 3.63) is 36.0 Å². The summed E-state index contributed by atoms with van der Waals surface area (Å²) in [6.07, 6.45) is 0. The molecule has 0 atom stereocenters. The van der Waals surface area contributed by atoms with Gasteiger partial charge in [0.05, 0.1) is 13.2 Å². The predicted octanol–water partition coefficient (Wildman–Crippen LogP) is 1.96. The third-order valence-corrected chi connectivity index (χ3v) is 1.76. The summed E-state index contributed by atoms with van der Waals surface area (Å²) in [6.45, 7) is 7.49. The fourth-order valence-electron chi connectivity index (χ4n) is 1.09. The molecule has 0 spiro atoms. The van der Waals surface area contributed by atoms with E-state index in [4.69, 9.17) is 10.00 Å². The standard InChI is InChI=1S/C12H15N3O/c1-10(2)9-16-7-6-14-12-5-3-4-11(8-13)15-12/h3-5H,1,6-7,9H2,2H3,(H,14,15). The number of hydrogen-bond donors (Lipinski definition) is 1. The first kappa shape index (κ1) is 12.2. The van der Waals surface area contributed by atoms with Crippen molar-refractivity contribution in [3.8, 4) is 6.07 Å². The number of ether oxygens (including phenoxy) is 1. The Balaban J connectivity index is 2.27. The number of nitrogens with one attached hydrogen (secondary N) is 1. The van der Waals surface area contributed by atoms with Crippen LogP contribution in [-0.4, -0.2) is 24.7 Å². The highest BCUT2D eigenvalue weighted by Crippen LogP contribution is 2.03. The lowest BCUT2D eigenvalue weighted by atomic mass is 10.3. The van der Waals surface area contributed by atoms with Gasteiger partial charge in [-0.2, -0.15) is 5.26 Å². The molecule has 0 amide bonds. The summed E-state index contributed by atoms with van der Waals surface area (Å²) in [5.74, 6) is 0.693. The Labute approximate surface area is 95.6 Å². The minimum Gasteiger partial charge on any atom is -0.375 e. The third kappa shape index (κ3) is 4.58. The van der Waals surface area contributed by atoms with Crippen LogP contribution in [0, 0.1) is 11.3 Å². The van der Waals surface area contributed by atoms with E-state index in [0.29, 0.717) is 31.3 Å². The molecule has 0 fully saturated rings. The van der Waals surface area contributed by atoms with Crippen molar-refractivity contribution in [3.63, 3.8) is 0 Å². The fraction of sp³-hybridized carbons (Fsp3) is 0.333. The summed E-state index contributed by atoms with van der Waals surface area (Å²) < 4.78 is 5.32. The highest BCUT2D eigenvalue weighted by Gasteiger charge is 1.95. The van der Waals surface area contributed by atoms with Crippen molar-refractivity contribution in [2.45, 2.75) is 6.92 Å². The second-order valence-corrected chi connectivity index (χ2v) is 3.46. The van der Waals surface area contributed by atoms with Crippen LogP contribution in [-0.2, 0) is 4.74 Å². The molecule has 0 aliphatic heterocycles. The number of anilines is 1. The molecule has 0 aliphatic carbocycles. The molecule has 0 saturated heterocycles.